The Morgan fingerprint density at radius 1 is 1.37 bits per heavy atom. The molecule has 100 valence electrons. The van der Waals surface area contributed by atoms with E-state index >= 15 is 0 Å². The number of benzene rings is 1. The standard InChI is InChI=1S/C13H15N3O3/c1-9(13(17)18-2)19-12-8-11(14)16(15-12)10-6-4-3-5-7-10/h3-9H,14H2,1-2H3. The molecule has 6 heteroatoms. The molecule has 2 aromatic rings. The molecule has 0 spiro atoms. The maximum Gasteiger partial charge on any atom is 0.346 e. The number of esters is 1. The summed E-state index contributed by atoms with van der Waals surface area (Å²) in [6.45, 7) is 1.59. The number of ether oxygens (including phenoxy) is 2. The van der Waals surface area contributed by atoms with E-state index in [9.17, 15) is 4.79 Å². The lowest BCUT2D eigenvalue weighted by Crippen LogP contribution is -2.25. The highest BCUT2D eigenvalue weighted by atomic mass is 16.6. The Morgan fingerprint density at radius 3 is 2.68 bits per heavy atom. The number of hydrogen-bond donors (Lipinski definition) is 1. The fraction of sp³-hybridized carbons (Fsp3) is 0.231. The minimum Gasteiger partial charge on any atom is -0.466 e. The quantitative estimate of drug-likeness (QED) is 0.841. The molecule has 0 saturated heterocycles. The number of aromatic nitrogens is 2. The third-order valence-electron chi connectivity index (χ3n) is 2.55. The maximum atomic E-state index is 11.3. The van der Waals surface area contributed by atoms with Gasteiger partial charge in [0.1, 0.15) is 5.82 Å². The van der Waals surface area contributed by atoms with Crippen molar-refractivity contribution < 1.29 is 14.3 Å². The summed E-state index contributed by atoms with van der Waals surface area (Å²) >= 11 is 0. The highest BCUT2D eigenvalue weighted by molar-refractivity contribution is 5.74. The molecular formula is C13H15N3O3. The number of para-hydroxylation sites is 1. The molecule has 1 unspecified atom stereocenters. The van der Waals surface area contributed by atoms with Crippen molar-refractivity contribution in [1.29, 1.82) is 0 Å². The van der Waals surface area contributed by atoms with Gasteiger partial charge in [0.25, 0.3) is 0 Å². The van der Waals surface area contributed by atoms with Gasteiger partial charge in [0.15, 0.2) is 6.10 Å². The van der Waals surface area contributed by atoms with Crippen LogP contribution in [-0.4, -0.2) is 29.0 Å². The Kier molecular flexibility index (Phi) is 3.70. The van der Waals surface area contributed by atoms with Crippen molar-refractivity contribution in [3.63, 3.8) is 0 Å². The van der Waals surface area contributed by atoms with E-state index in [1.807, 2.05) is 30.3 Å². The number of methoxy groups -OCH3 is 1. The third-order valence-corrected chi connectivity index (χ3v) is 2.55. The fourth-order valence-corrected chi connectivity index (χ4v) is 1.60. The van der Waals surface area contributed by atoms with Gasteiger partial charge < -0.3 is 15.2 Å². The van der Waals surface area contributed by atoms with E-state index < -0.39 is 12.1 Å². The number of anilines is 1. The van der Waals surface area contributed by atoms with E-state index in [4.69, 9.17) is 10.5 Å². The molecule has 6 nitrogen and oxygen atoms in total. The van der Waals surface area contributed by atoms with Crippen LogP contribution in [0.5, 0.6) is 5.88 Å². The number of hydrogen-bond acceptors (Lipinski definition) is 5. The molecule has 2 N–H and O–H groups in total. The molecular weight excluding hydrogens is 246 g/mol. The van der Waals surface area contributed by atoms with Crippen molar-refractivity contribution in [1.82, 2.24) is 9.78 Å². The summed E-state index contributed by atoms with van der Waals surface area (Å²) in [5.74, 6) is 0.241. The predicted molar refractivity (Wildman–Crippen MR) is 70.1 cm³/mol. The first-order valence-electron chi connectivity index (χ1n) is 5.77. The summed E-state index contributed by atoms with van der Waals surface area (Å²) in [4.78, 5) is 11.3. The van der Waals surface area contributed by atoms with Gasteiger partial charge >= 0.3 is 5.97 Å². The second kappa shape index (κ2) is 5.43. The van der Waals surface area contributed by atoms with Crippen LogP contribution in [0.15, 0.2) is 36.4 Å². The van der Waals surface area contributed by atoms with Crippen molar-refractivity contribution in [3.05, 3.63) is 36.4 Å². The van der Waals surface area contributed by atoms with Gasteiger partial charge in [0.2, 0.25) is 5.88 Å². The lowest BCUT2D eigenvalue weighted by Gasteiger charge is -2.09. The Morgan fingerprint density at radius 2 is 2.05 bits per heavy atom. The van der Waals surface area contributed by atoms with Gasteiger partial charge in [0.05, 0.1) is 12.8 Å². The zero-order chi connectivity index (χ0) is 13.8. The lowest BCUT2D eigenvalue weighted by molar-refractivity contribution is -0.148. The topological polar surface area (TPSA) is 79.4 Å². The van der Waals surface area contributed by atoms with Gasteiger partial charge in [-0.1, -0.05) is 18.2 Å². The number of nitrogens with zero attached hydrogens (tertiary/aromatic N) is 2. The van der Waals surface area contributed by atoms with Gasteiger partial charge in [-0.2, -0.15) is 0 Å². The lowest BCUT2D eigenvalue weighted by atomic mass is 10.3. The summed E-state index contributed by atoms with van der Waals surface area (Å²) in [7, 11) is 1.30. The SMILES string of the molecule is COC(=O)C(C)Oc1cc(N)n(-c2ccccc2)n1. The molecule has 0 fully saturated rings. The molecule has 0 aliphatic heterocycles. The minimum atomic E-state index is -0.733. The molecule has 0 aliphatic carbocycles. The van der Waals surface area contributed by atoms with Crippen LogP contribution in [0, 0.1) is 0 Å². The fourth-order valence-electron chi connectivity index (χ4n) is 1.60. The highest BCUT2D eigenvalue weighted by Gasteiger charge is 2.17. The molecule has 2 rings (SSSR count). The number of nitrogens with two attached hydrogens (primary N) is 1. The molecule has 0 radical (unpaired) electrons. The van der Waals surface area contributed by atoms with Crippen LogP contribution in [-0.2, 0) is 9.53 Å². The molecule has 0 amide bonds. The molecule has 1 heterocycles. The monoisotopic (exact) mass is 261 g/mol. The minimum absolute atomic E-state index is 0.277. The Balaban J connectivity index is 2.20. The third kappa shape index (κ3) is 2.85. The smallest absolute Gasteiger partial charge is 0.346 e. The van der Waals surface area contributed by atoms with Gasteiger partial charge in [-0.3, -0.25) is 0 Å². The largest absolute Gasteiger partial charge is 0.466 e. The summed E-state index contributed by atoms with van der Waals surface area (Å²) in [6.07, 6.45) is -0.733. The van der Waals surface area contributed by atoms with Crippen molar-refractivity contribution in [2.24, 2.45) is 0 Å². The molecule has 1 atom stereocenters. The molecule has 0 bridgehead atoms. The normalized spacial score (nSPS) is 11.9. The van der Waals surface area contributed by atoms with E-state index in [-0.39, 0.29) is 5.88 Å². The van der Waals surface area contributed by atoms with Crippen LogP contribution >= 0.6 is 0 Å². The van der Waals surface area contributed by atoms with Gasteiger partial charge in [-0.25, -0.2) is 9.48 Å². The van der Waals surface area contributed by atoms with Crippen LogP contribution in [0.4, 0.5) is 5.82 Å². The average molecular weight is 261 g/mol. The first-order valence-corrected chi connectivity index (χ1v) is 5.77. The van der Waals surface area contributed by atoms with Crippen molar-refractivity contribution in [2.45, 2.75) is 13.0 Å². The van der Waals surface area contributed by atoms with Gasteiger partial charge in [-0.05, 0) is 19.1 Å². The Bertz CT molecular complexity index is 566. The number of rotatable bonds is 4. The number of carbonyl (C=O) groups excluding carboxylic acids is 1. The Labute approximate surface area is 110 Å². The summed E-state index contributed by atoms with van der Waals surface area (Å²) in [5.41, 5.74) is 6.68. The van der Waals surface area contributed by atoms with E-state index in [1.54, 1.807) is 17.7 Å². The average Bonchev–Trinajstić information content (AvgIpc) is 2.79. The zero-order valence-corrected chi connectivity index (χ0v) is 10.7. The summed E-state index contributed by atoms with van der Waals surface area (Å²) in [5, 5.41) is 4.20. The Hall–Kier alpha value is -2.50. The number of nitrogen functional groups attached to an aromatic ring is 1. The van der Waals surface area contributed by atoms with E-state index in [2.05, 4.69) is 9.84 Å². The van der Waals surface area contributed by atoms with Crippen molar-refractivity contribution in [2.75, 3.05) is 12.8 Å². The van der Waals surface area contributed by atoms with Crippen LogP contribution < -0.4 is 10.5 Å². The summed E-state index contributed by atoms with van der Waals surface area (Å²) in [6, 6.07) is 11.0. The van der Waals surface area contributed by atoms with Gasteiger partial charge in [0, 0.05) is 6.07 Å². The summed E-state index contributed by atoms with van der Waals surface area (Å²) < 4.78 is 11.5. The second-order valence-electron chi connectivity index (χ2n) is 3.94. The highest BCUT2D eigenvalue weighted by Crippen LogP contribution is 2.19. The van der Waals surface area contributed by atoms with Gasteiger partial charge in [-0.15, -0.1) is 5.10 Å². The predicted octanol–water partition coefficient (Wildman–Crippen LogP) is 1.39. The molecule has 0 aliphatic rings. The van der Waals surface area contributed by atoms with Crippen LogP contribution in [0.1, 0.15) is 6.92 Å². The first-order chi connectivity index (χ1) is 9.11. The van der Waals surface area contributed by atoms with Crippen LogP contribution in [0.3, 0.4) is 0 Å². The first kappa shape index (κ1) is 12.9. The van der Waals surface area contributed by atoms with Crippen LogP contribution in [0.2, 0.25) is 0 Å². The molecule has 19 heavy (non-hydrogen) atoms. The second-order valence-corrected chi connectivity index (χ2v) is 3.94. The molecule has 0 saturated carbocycles. The maximum absolute atomic E-state index is 11.3. The van der Waals surface area contributed by atoms with Crippen molar-refractivity contribution in [3.8, 4) is 11.6 Å². The molecule has 1 aromatic carbocycles. The van der Waals surface area contributed by atoms with E-state index in [1.165, 1.54) is 7.11 Å². The van der Waals surface area contributed by atoms with E-state index in [0.29, 0.717) is 5.82 Å². The zero-order valence-electron chi connectivity index (χ0n) is 10.7. The van der Waals surface area contributed by atoms with Crippen LogP contribution in [0.25, 0.3) is 5.69 Å². The number of carbonyl (C=O) groups is 1. The molecule has 1 aromatic heterocycles. The van der Waals surface area contributed by atoms with Crippen molar-refractivity contribution >= 4 is 11.8 Å². The van der Waals surface area contributed by atoms with E-state index in [0.717, 1.165) is 5.69 Å².